The molecule has 1 aliphatic rings. The molecule has 3 amide bonds. The van der Waals surface area contributed by atoms with E-state index in [0.717, 1.165) is 18.5 Å². The molecule has 132 valence electrons. The Balaban J connectivity index is 1.95. The molecular formula is C18H28N4O2. The zero-order valence-electron chi connectivity index (χ0n) is 14.9. The van der Waals surface area contributed by atoms with Crippen LogP contribution < -0.4 is 10.2 Å². The van der Waals surface area contributed by atoms with E-state index < -0.39 is 0 Å². The van der Waals surface area contributed by atoms with Gasteiger partial charge in [0.15, 0.2) is 0 Å². The van der Waals surface area contributed by atoms with Crippen molar-refractivity contribution in [2.24, 2.45) is 0 Å². The van der Waals surface area contributed by atoms with Gasteiger partial charge in [0.25, 0.3) is 5.91 Å². The van der Waals surface area contributed by atoms with E-state index in [2.05, 4.69) is 5.32 Å². The SMILES string of the molecule is CCCNC(=O)N1CCCN(C(=O)c2ccc(N(C)C)cc2)CC1. The van der Waals surface area contributed by atoms with Gasteiger partial charge in [0.2, 0.25) is 0 Å². The number of carbonyl (C=O) groups is 2. The number of urea groups is 1. The summed E-state index contributed by atoms with van der Waals surface area (Å²) in [5.74, 6) is 0.0381. The van der Waals surface area contributed by atoms with Crippen molar-refractivity contribution in [1.82, 2.24) is 15.1 Å². The van der Waals surface area contributed by atoms with Gasteiger partial charge in [-0.1, -0.05) is 6.92 Å². The molecule has 0 atom stereocenters. The fraction of sp³-hybridized carbons (Fsp3) is 0.556. The van der Waals surface area contributed by atoms with Crippen molar-refractivity contribution in [2.45, 2.75) is 19.8 Å². The van der Waals surface area contributed by atoms with Crippen molar-refractivity contribution in [3.05, 3.63) is 29.8 Å². The van der Waals surface area contributed by atoms with E-state index in [9.17, 15) is 9.59 Å². The highest BCUT2D eigenvalue weighted by Gasteiger charge is 2.22. The molecule has 1 aromatic rings. The molecule has 0 bridgehead atoms. The van der Waals surface area contributed by atoms with Crippen LogP contribution in [0.4, 0.5) is 10.5 Å². The molecule has 0 unspecified atom stereocenters. The van der Waals surface area contributed by atoms with Gasteiger partial charge >= 0.3 is 6.03 Å². The molecule has 1 aromatic carbocycles. The lowest BCUT2D eigenvalue weighted by Gasteiger charge is -2.22. The second-order valence-electron chi connectivity index (χ2n) is 6.31. The number of anilines is 1. The smallest absolute Gasteiger partial charge is 0.317 e. The Hall–Kier alpha value is -2.24. The summed E-state index contributed by atoms with van der Waals surface area (Å²) >= 11 is 0. The van der Waals surface area contributed by atoms with Crippen LogP contribution in [0.25, 0.3) is 0 Å². The van der Waals surface area contributed by atoms with Crippen LogP contribution >= 0.6 is 0 Å². The molecule has 0 aromatic heterocycles. The molecule has 0 aliphatic carbocycles. The van der Waals surface area contributed by atoms with Gasteiger partial charge in [-0.2, -0.15) is 0 Å². The summed E-state index contributed by atoms with van der Waals surface area (Å²) in [6.07, 6.45) is 1.73. The average Bonchev–Trinajstić information content (AvgIpc) is 2.85. The molecule has 24 heavy (non-hydrogen) atoms. The van der Waals surface area contributed by atoms with Gasteiger partial charge in [-0.3, -0.25) is 4.79 Å². The Morgan fingerprint density at radius 2 is 1.67 bits per heavy atom. The Labute approximate surface area is 144 Å². The van der Waals surface area contributed by atoms with Crippen molar-refractivity contribution < 1.29 is 9.59 Å². The molecular weight excluding hydrogens is 304 g/mol. The van der Waals surface area contributed by atoms with Gasteiger partial charge in [-0.25, -0.2) is 4.79 Å². The highest BCUT2D eigenvalue weighted by Crippen LogP contribution is 2.15. The molecule has 2 rings (SSSR count). The summed E-state index contributed by atoms with van der Waals surface area (Å²) in [4.78, 5) is 30.4. The number of nitrogens with one attached hydrogen (secondary N) is 1. The summed E-state index contributed by atoms with van der Waals surface area (Å²) in [5, 5.41) is 2.90. The Kier molecular flexibility index (Phi) is 6.46. The molecule has 1 aliphatic heterocycles. The zero-order valence-corrected chi connectivity index (χ0v) is 14.9. The Bertz CT molecular complexity index is 557. The molecule has 6 nitrogen and oxygen atoms in total. The monoisotopic (exact) mass is 332 g/mol. The zero-order chi connectivity index (χ0) is 17.5. The molecule has 0 radical (unpaired) electrons. The predicted molar refractivity (Wildman–Crippen MR) is 96.6 cm³/mol. The number of hydrogen-bond acceptors (Lipinski definition) is 3. The first-order valence-corrected chi connectivity index (χ1v) is 8.62. The van der Waals surface area contributed by atoms with E-state index in [4.69, 9.17) is 0 Å². The van der Waals surface area contributed by atoms with Crippen LogP contribution in [0.5, 0.6) is 0 Å². The molecule has 0 saturated carbocycles. The third-order valence-corrected chi connectivity index (χ3v) is 4.23. The lowest BCUT2D eigenvalue weighted by molar-refractivity contribution is 0.0762. The fourth-order valence-corrected chi connectivity index (χ4v) is 2.75. The maximum atomic E-state index is 12.7. The van der Waals surface area contributed by atoms with Crippen LogP contribution in [0.15, 0.2) is 24.3 Å². The first-order valence-electron chi connectivity index (χ1n) is 8.62. The predicted octanol–water partition coefficient (Wildman–Crippen LogP) is 2.02. The van der Waals surface area contributed by atoms with Crippen molar-refractivity contribution in [3.63, 3.8) is 0 Å². The summed E-state index contributed by atoms with van der Waals surface area (Å²) in [6, 6.07) is 7.62. The van der Waals surface area contributed by atoms with Gasteiger partial charge < -0.3 is 20.0 Å². The maximum Gasteiger partial charge on any atom is 0.317 e. The van der Waals surface area contributed by atoms with Crippen LogP contribution in [0.2, 0.25) is 0 Å². The van der Waals surface area contributed by atoms with Gasteiger partial charge in [0.05, 0.1) is 0 Å². The van der Waals surface area contributed by atoms with E-state index in [-0.39, 0.29) is 11.9 Å². The molecule has 1 N–H and O–H groups in total. The number of rotatable bonds is 4. The van der Waals surface area contributed by atoms with E-state index in [0.29, 0.717) is 38.3 Å². The quantitative estimate of drug-likeness (QED) is 0.918. The number of benzene rings is 1. The highest BCUT2D eigenvalue weighted by molar-refractivity contribution is 5.94. The molecule has 0 spiro atoms. The largest absolute Gasteiger partial charge is 0.378 e. The van der Waals surface area contributed by atoms with Crippen molar-refractivity contribution in [3.8, 4) is 0 Å². The van der Waals surface area contributed by atoms with Crippen LogP contribution in [-0.2, 0) is 0 Å². The van der Waals surface area contributed by atoms with Crippen LogP contribution in [-0.4, -0.2) is 68.6 Å². The molecule has 1 heterocycles. The highest BCUT2D eigenvalue weighted by atomic mass is 16.2. The van der Waals surface area contributed by atoms with Crippen LogP contribution in [0, 0.1) is 0 Å². The second kappa shape index (κ2) is 8.57. The first-order chi connectivity index (χ1) is 11.5. The topological polar surface area (TPSA) is 55.9 Å². The van der Waals surface area contributed by atoms with Crippen molar-refractivity contribution in [2.75, 3.05) is 51.7 Å². The lowest BCUT2D eigenvalue weighted by atomic mass is 10.1. The lowest BCUT2D eigenvalue weighted by Crippen LogP contribution is -2.42. The minimum absolute atomic E-state index is 0.0264. The summed E-state index contributed by atoms with van der Waals surface area (Å²) in [5.41, 5.74) is 1.77. The molecule has 6 heteroatoms. The van der Waals surface area contributed by atoms with E-state index in [1.54, 1.807) is 4.90 Å². The second-order valence-corrected chi connectivity index (χ2v) is 6.31. The van der Waals surface area contributed by atoms with Crippen LogP contribution in [0.1, 0.15) is 30.1 Å². The summed E-state index contributed by atoms with van der Waals surface area (Å²) in [7, 11) is 3.95. The Morgan fingerprint density at radius 3 is 2.29 bits per heavy atom. The van der Waals surface area contributed by atoms with E-state index in [1.807, 2.05) is 55.1 Å². The van der Waals surface area contributed by atoms with E-state index >= 15 is 0 Å². The number of carbonyl (C=O) groups excluding carboxylic acids is 2. The van der Waals surface area contributed by atoms with Gasteiger partial charge in [-0.05, 0) is 37.1 Å². The summed E-state index contributed by atoms with van der Waals surface area (Å²) < 4.78 is 0. The maximum absolute atomic E-state index is 12.7. The number of amides is 3. The van der Waals surface area contributed by atoms with Gasteiger partial charge in [-0.15, -0.1) is 0 Å². The third kappa shape index (κ3) is 4.63. The van der Waals surface area contributed by atoms with Gasteiger partial charge in [0.1, 0.15) is 0 Å². The van der Waals surface area contributed by atoms with Crippen molar-refractivity contribution >= 4 is 17.6 Å². The minimum Gasteiger partial charge on any atom is -0.378 e. The van der Waals surface area contributed by atoms with Gasteiger partial charge in [0, 0.05) is 58.1 Å². The standard InChI is InChI=1S/C18H28N4O2/c1-4-10-19-18(24)22-12-5-11-21(13-14-22)17(23)15-6-8-16(9-7-15)20(2)3/h6-9H,4-5,10-14H2,1-3H3,(H,19,24). The van der Waals surface area contributed by atoms with E-state index in [1.165, 1.54) is 0 Å². The third-order valence-electron chi connectivity index (χ3n) is 4.23. The number of hydrogen-bond donors (Lipinski definition) is 1. The molecule has 1 fully saturated rings. The first kappa shape index (κ1) is 18.1. The summed E-state index contributed by atoms with van der Waals surface area (Å²) in [6.45, 7) is 5.26. The van der Waals surface area contributed by atoms with Crippen LogP contribution in [0.3, 0.4) is 0 Å². The average molecular weight is 332 g/mol. The van der Waals surface area contributed by atoms with Crippen molar-refractivity contribution in [1.29, 1.82) is 0 Å². The Morgan fingerprint density at radius 1 is 1.04 bits per heavy atom. The number of nitrogens with zero attached hydrogens (tertiary/aromatic N) is 3. The normalized spacial score (nSPS) is 15.0. The fourth-order valence-electron chi connectivity index (χ4n) is 2.75. The minimum atomic E-state index is -0.0264. The molecule has 1 saturated heterocycles.